The van der Waals surface area contributed by atoms with Gasteiger partial charge >= 0.3 is 0 Å². The number of nitrogens with zero attached hydrogens (tertiary/aromatic N) is 2. The number of amides is 3. The van der Waals surface area contributed by atoms with E-state index in [0.29, 0.717) is 11.3 Å². The summed E-state index contributed by atoms with van der Waals surface area (Å²) in [5.74, 6) is -2.32. The normalized spacial score (nSPS) is 14.7. The summed E-state index contributed by atoms with van der Waals surface area (Å²) in [7, 11) is 0. The Bertz CT molecular complexity index is 1270. The lowest BCUT2D eigenvalue weighted by atomic mass is 9.94. The third kappa shape index (κ3) is 5.38. The number of benzene rings is 2. The number of anilines is 2. The van der Waals surface area contributed by atoms with Gasteiger partial charge in [0.1, 0.15) is 16.7 Å². The first-order valence-corrected chi connectivity index (χ1v) is 12.5. The molecule has 1 aliphatic rings. The predicted octanol–water partition coefficient (Wildman–Crippen LogP) is 4.11. The van der Waals surface area contributed by atoms with E-state index in [4.69, 9.17) is 11.5 Å². The van der Waals surface area contributed by atoms with Gasteiger partial charge in [0.15, 0.2) is 5.69 Å². The summed E-state index contributed by atoms with van der Waals surface area (Å²) in [6.45, 7) is 1.87. The molecule has 0 saturated heterocycles. The number of nitrogen functional groups attached to an aromatic ring is 1. The Balaban J connectivity index is 1.84. The Labute approximate surface area is 212 Å². The number of nitrogens with two attached hydrogens (primary N) is 2. The van der Waals surface area contributed by atoms with Crippen LogP contribution in [0.1, 0.15) is 69.4 Å². The van der Waals surface area contributed by atoms with Crippen LogP contribution in [0.3, 0.4) is 0 Å². The summed E-state index contributed by atoms with van der Waals surface area (Å²) >= 11 is 0.743. The largest absolute Gasteiger partial charge is 0.395 e. The molecule has 36 heavy (non-hydrogen) atoms. The molecular formula is C26H28FN5O3S. The maximum atomic E-state index is 14.0. The van der Waals surface area contributed by atoms with Gasteiger partial charge in [0.25, 0.3) is 11.8 Å². The quantitative estimate of drug-likeness (QED) is 0.441. The lowest BCUT2D eigenvalue weighted by Gasteiger charge is -2.33. The number of halogens is 1. The third-order valence-electron chi connectivity index (χ3n) is 6.30. The van der Waals surface area contributed by atoms with Gasteiger partial charge in [-0.2, -0.15) is 4.37 Å². The van der Waals surface area contributed by atoms with Crippen LogP contribution < -0.4 is 21.7 Å². The van der Waals surface area contributed by atoms with E-state index in [1.165, 1.54) is 29.2 Å². The van der Waals surface area contributed by atoms with Gasteiger partial charge in [-0.05, 0) is 66.7 Å². The molecule has 0 spiro atoms. The molecule has 3 amide bonds. The van der Waals surface area contributed by atoms with Crippen LogP contribution >= 0.6 is 11.5 Å². The number of primary amides is 1. The number of rotatable bonds is 7. The first-order valence-electron chi connectivity index (χ1n) is 11.8. The molecule has 5 N–H and O–H groups in total. The fourth-order valence-corrected chi connectivity index (χ4v) is 5.23. The fourth-order valence-electron chi connectivity index (χ4n) is 4.49. The third-order valence-corrected chi connectivity index (χ3v) is 7.15. The first kappa shape index (κ1) is 25.3. The number of hydrogen-bond donors (Lipinski definition) is 3. The van der Waals surface area contributed by atoms with Crippen LogP contribution in [0.25, 0.3) is 0 Å². The molecule has 1 saturated carbocycles. The van der Waals surface area contributed by atoms with Gasteiger partial charge in [0.2, 0.25) is 5.91 Å². The molecule has 0 bridgehead atoms. The molecule has 8 nitrogen and oxygen atoms in total. The molecule has 0 radical (unpaired) electrons. The van der Waals surface area contributed by atoms with E-state index in [1.54, 1.807) is 18.2 Å². The Hall–Kier alpha value is -3.79. The molecular weight excluding hydrogens is 481 g/mol. The Morgan fingerprint density at radius 3 is 2.42 bits per heavy atom. The minimum absolute atomic E-state index is 0.0112. The molecule has 1 aliphatic carbocycles. The molecule has 1 heterocycles. The second kappa shape index (κ2) is 10.9. The van der Waals surface area contributed by atoms with Gasteiger partial charge in [-0.15, -0.1) is 0 Å². The molecule has 0 aliphatic heterocycles. The summed E-state index contributed by atoms with van der Waals surface area (Å²) < 4.78 is 17.8. The van der Waals surface area contributed by atoms with Crippen molar-refractivity contribution in [3.8, 4) is 0 Å². The van der Waals surface area contributed by atoms with Crippen LogP contribution in [0.15, 0.2) is 48.5 Å². The number of nitrogens with one attached hydrogen (secondary N) is 1. The average Bonchev–Trinajstić information content (AvgIpc) is 3.25. The highest BCUT2D eigenvalue weighted by molar-refractivity contribution is 7.09. The summed E-state index contributed by atoms with van der Waals surface area (Å²) in [6, 6.07) is 11.5. The summed E-state index contributed by atoms with van der Waals surface area (Å²) in [5.41, 5.74) is 12.8. The number of aromatic nitrogens is 1. The van der Waals surface area contributed by atoms with Gasteiger partial charge in [-0.3, -0.25) is 19.3 Å². The van der Waals surface area contributed by atoms with Crippen molar-refractivity contribution in [3.63, 3.8) is 0 Å². The predicted molar refractivity (Wildman–Crippen MR) is 137 cm³/mol. The van der Waals surface area contributed by atoms with Gasteiger partial charge in [-0.25, -0.2) is 4.39 Å². The average molecular weight is 510 g/mol. The number of carbonyl (C=O) groups excluding carboxylic acids is 3. The zero-order valence-electron chi connectivity index (χ0n) is 19.9. The van der Waals surface area contributed by atoms with Gasteiger partial charge in [-0.1, -0.05) is 43.5 Å². The van der Waals surface area contributed by atoms with E-state index < -0.39 is 23.7 Å². The van der Waals surface area contributed by atoms with Crippen LogP contribution in [0, 0.1) is 12.7 Å². The zero-order valence-corrected chi connectivity index (χ0v) is 20.7. The molecule has 1 unspecified atom stereocenters. The zero-order chi connectivity index (χ0) is 25.8. The maximum absolute atomic E-state index is 14.0. The second-order valence-electron chi connectivity index (χ2n) is 8.95. The SMILES string of the molecule is Cc1cccc(N(C(=O)c2snc(C(N)=O)c2N)C(C(=O)NC2CCCCC2)c2ccc(F)cc2)c1. The highest BCUT2D eigenvalue weighted by Crippen LogP contribution is 2.34. The monoisotopic (exact) mass is 509 g/mol. The van der Waals surface area contributed by atoms with Gasteiger partial charge in [0.05, 0.1) is 5.69 Å². The van der Waals surface area contributed by atoms with Crippen LogP contribution in [-0.4, -0.2) is 28.1 Å². The van der Waals surface area contributed by atoms with Crippen molar-refractivity contribution in [2.75, 3.05) is 10.6 Å². The number of aryl methyl sites for hydroxylation is 1. The van der Waals surface area contributed by atoms with Crippen molar-refractivity contribution in [2.24, 2.45) is 5.73 Å². The van der Waals surface area contributed by atoms with Crippen LogP contribution in [0.5, 0.6) is 0 Å². The van der Waals surface area contributed by atoms with Crippen molar-refractivity contribution in [2.45, 2.75) is 51.1 Å². The van der Waals surface area contributed by atoms with Crippen molar-refractivity contribution < 1.29 is 18.8 Å². The Kier molecular flexibility index (Phi) is 7.64. The van der Waals surface area contributed by atoms with Crippen molar-refractivity contribution in [3.05, 3.63) is 76.0 Å². The van der Waals surface area contributed by atoms with E-state index >= 15 is 0 Å². The molecule has 10 heteroatoms. The first-order chi connectivity index (χ1) is 17.3. The summed E-state index contributed by atoms with van der Waals surface area (Å²) in [6.07, 6.45) is 4.85. The van der Waals surface area contributed by atoms with Crippen molar-refractivity contribution in [1.29, 1.82) is 0 Å². The van der Waals surface area contributed by atoms with E-state index in [0.717, 1.165) is 49.2 Å². The molecule has 1 fully saturated rings. The molecule has 188 valence electrons. The molecule has 1 aromatic heterocycles. The van der Waals surface area contributed by atoms with Crippen LogP contribution in [0.2, 0.25) is 0 Å². The standard InChI is InChI=1S/C26H28FN5O3S/c1-15-6-5-9-19(14-15)32(26(35)23-20(28)21(24(29)33)31-36-23)22(16-10-12-17(27)13-11-16)25(34)30-18-7-3-2-4-8-18/h5-6,9-14,18,22H,2-4,7-8,28H2,1H3,(H2,29,33)(H,30,34). The lowest BCUT2D eigenvalue weighted by molar-refractivity contribution is -0.123. The molecule has 2 aromatic carbocycles. The van der Waals surface area contributed by atoms with E-state index in [1.807, 2.05) is 13.0 Å². The summed E-state index contributed by atoms with van der Waals surface area (Å²) in [4.78, 5) is 40.9. The highest BCUT2D eigenvalue weighted by atomic mass is 32.1. The minimum atomic E-state index is -1.12. The van der Waals surface area contributed by atoms with Crippen molar-refractivity contribution >= 4 is 40.6 Å². The number of hydrogen-bond acceptors (Lipinski definition) is 6. The summed E-state index contributed by atoms with van der Waals surface area (Å²) in [5, 5.41) is 3.10. The highest BCUT2D eigenvalue weighted by Gasteiger charge is 2.37. The van der Waals surface area contributed by atoms with Crippen LogP contribution in [-0.2, 0) is 4.79 Å². The molecule has 1 atom stereocenters. The minimum Gasteiger partial charge on any atom is -0.395 e. The second-order valence-corrected chi connectivity index (χ2v) is 9.72. The van der Waals surface area contributed by atoms with Gasteiger partial charge < -0.3 is 16.8 Å². The molecule has 3 aromatic rings. The van der Waals surface area contributed by atoms with Gasteiger partial charge in [0, 0.05) is 11.7 Å². The topological polar surface area (TPSA) is 131 Å². The van der Waals surface area contributed by atoms with Crippen molar-refractivity contribution in [1.82, 2.24) is 9.69 Å². The fraction of sp³-hybridized carbons (Fsp3) is 0.308. The Morgan fingerprint density at radius 2 is 1.81 bits per heavy atom. The molecule has 4 rings (SSSR count). The van der Waals surface area contributed by atoms with E-state index in [2.05, 4.69) is 9.69 Å². The Morgan fingerprint density at radius 1 is 1.11 bits per heavy atom. The van der Waals surface area contributed by atoms with E-state index in [-0.39, 0.29) is 28.2 Å². The van der Waals surface area contributed by atoms with E-state index in [9.17, 15) is 18.8 Å². The lowest BCUT2D eigenvalue weighted by Crippen LogP contribution is -2.47. The number of carbonyl (C=O) groups is 3. The maximum Gasteiger partial charge on any atom is 0.273 e. The smallest absolute Gasteiger partial charge is 0.273 e. The van der Waals surface area contributed by atoms with Crippen LogP contribution in [0.4, 0.5) is 15.8 Å².